The second kappa shape index (κ2) is 5.46. The summed E-state index contributed by atoms with van der Waals surface area (Å²) in [4.78, 5) is 8.31. The zero-order chi connectivity index (χ0) is 14.8. The largest absolute Gasteiger partial charge is 0.383 e. The van der Waals surface area contributed by atoms with E-state index in [-0.39, 0.29) is 0 Å². The summed E-state index contributed by atoms with van der Waals surface area (Å²) >= 11 is 0. The van der Waals surface area contributed by atoms with Crippen LogP contribution in [0.25, 0.3) is 0 Å². The lowest BCUT2D eigenvalue weighted by Gasteiger charge is -2.09. The first-order valence-electron chi connectivity index (χ1n) is 5.98. The van der Waals surface area contributed by atoms with Gasteiger partial charge in [0.15, 0.2) is 9.84 Å². The van der Waals surface area contributed by atoms with Crippen LogP contribution in [0.4, 0.5) is 11.6 Å². The molecule has 0 saturated carbocycles. The Hall–Kier alpha value is -2.15. The van der Waals surface area contributed by atoms with E-state index in [1.807, 2.05) is 6.92 Å². The van der Waals surface area contributed by atoms with E-state index in [9.17, 15) is 8.42 Å². The molecule has 0 bridgehead atoms. The fraction of sp³-hybridized carbons (Fsp3) is 0.231. The molecule has 20 heavy (non-hydrogen) atoms. The van der Waals surface area contributed by atoms with E-state index in [0.717, 1.165) is 11.1 Å². The number of nitrogen functional groups attached to an aromatic ring is 1. The number of nitrogens with two attached hydrogens (primary N) is 1. The van der Waals surface area contributed by atoms with Gasteiger partial charge in [0.2, 0.25) is 0 Å². The third-order valence-electron chi connectivity index (χ3n) is 2.93. The van der Waals surface area contributed by atoms with Crippen molar-refractivity contribution in [1.82, 2.24) is 9.97 Å². The van der Waals surface area contributed by atoms with Crippen molar-refractivity contribution in [2.75, 3.05) is 17.3 Å². The van der Waals surface area contributed by atoms with Gasteiger partial charge >= 0.3 is 0 Å². The highest BCUT2D eigenvalue weighted by Crippen LogP contribution is 2.16. The molecule has 0 aliphatic carbocycles. The molecular formula is C13H16N4O2S. The van der Waals surface area contributed by atoms with E-state index in [4.69, 9.17) is 5.73 Å². The lowest BCUT2D eigenvalue weighted by molar-refractivity contribution is 0.602. The lowest BCUT2D eigenvalue weighted by atomic mass is 10.2. The van der Waals surface area contributed by atoms with Gasteiger partial charge in [-0.25, -0.2) is 18.4 Å². The number of hydrogen-bond acceptors (Lipinski definition) is 6. The summed E-state index contributed by atoms with van der Waals surface area (Å²) < 4.78 is 22.7. The molecule has 0 saturated heterocycles. The van der Waals surface area contributed by atoms with E-state index in [2.05, 4.69) is 15.3 Å². The molecule has 1 aromatic heterocycles. The molecule has 1 aromatic carbocycles. The fourth-order valence-electron chi connectivity index (χ4n) is 1.68. The van der Waals surface area contributed by atoms with Crippen molar-refractivity contribution < 1.29 is 8.42 Å². The molecule has 0 unspecified atom stereocenters. The Labute approximate surface area is 118 Å². The SMILES string of the molecule is Cc1c(N)ncnc1NCc1ccc(S(C)(=O)=O)cc1. The van der Waals surface area contributed by atoms with Crippen LogP contribution in [0.3, 0.4) is 0 Å². The van der Waals surface area contributed by atoms with E-state index >= 15 is 0 Å². The van der Waals surface area contributed by atoms with Crippen LogP contribution in [0.1, 0.15) is 11.1 Å². The van der Waals surface area contributed by atoms with Crippen molar-refractivity contribution in [3.05, 3.63) is 41.7 Å². The van der Waals surface area contributed by atoms with Crippen LogP contribution in [0.5, 0.6) is 0 Å². The van der Waals surface area contributed by atoms with Crippen molar-refractivity contribution >= 4 is 21.5 Å². The molecule has 6 nitrogen and oxygen atoms in total. The summed E-state index contributed by atoms with van der Waals surface area (Å²) in [6, 6.07) is 6.72. The van der Waals surface area contributed by atoms with E-state index < -0.39 is 9.84 Å². The van der Waals surface area contributed by atoms with Crippen LogP contribution in [0.15, 0.2) is 35.5 Å². The van der Waals surface area contributed by atoms with Crippen LogP contribution in [0.2, 0.25) is 0 Å². The summed E-state index contributed by atoms with van der Waals surface area (Å²) in [6.45, 7) is 2.37. The molecule has 0 aliphatic rings. The summed E-state index contributed by atoms with van der Waals surface area (Å²) in [5.41, 5.74) is 7.44. The summed E-state index contributed by atoms with van der Waals surface area (Å²) in [5.74, 6) is 1.11. The van der Waals surface area contributed by atoms with Crippen LogP contribution in [-0.2, 0) is 16.4 Å². The highest BCUT2D eigenvalue weighted by Gasteiger charge is 2.07. The van der Waals surface area contributed by atoms with Gasteiger partial charge in [-0.2, -0.15) is 0 Å². The lowest BCUT2D eigenvalue weighted by Crippen LogP contribution is -2.06. The molecule has 0 radical (unpaired) electrons. The van der Waals surface area contributed by atoms with Crippen molar-refractivity contribution in [2.45, 2.75) is 18.4 Å². The molecule has 106 valence electrons. The average Bonchev–Trinajstić information content (AvgIpc) is 2.40. The van der Waals surface area contributed by atoms with Gasteiger partial charge in [-0.15, -0.1) is 0 Å². The van der Waals surface area contributed by atoms with Gasteiger partial charge in [-0.05, 0) is 24.6 Å². The molecule has 0 atom stereocenters. The number of nitrogens with zero attached hydrogens (tertiary/aromatic N) is 2. The second-order valence-corrected chi connectivity index (χ2v) is 6.52. The van der Waals surface area contributed by atoms with Crippen LogP contribution < -0.4 is 11.1 Å². The fourth-order valence-corrected chi connectivity index (χ4v) is 2.31. The third kappa shape index (κ3) is 3.24. The number of sulfone groups is 1. The molecule has 7 heteroatoms. The minimum atomic E-state index is -3.16. The molecule has 1 heterocycles. The number of benzene rings is 1. The van der Waals surface area contributed by atoms with Gasteiger partial charge in [0, 0.05) is 18.4 Å². The summed E-state index contributed by atoms with van der Waals surface area (Å²) in [5, 5.41) is 3.15. The zero-order valence-electron chi connectivity index (χ0n) is 11.3. The Kier molecular flexibility index (Phi) is 3.89. The summed E-state index contributed by atoms with van der Waals surface area (Å²) in [7, 11) is -3.16. The van der Waals surface area contributed by atoms with Crippen molar-refractivity contribution in [3.8, 4) is 0 Å². The normalized spacial score (nSPS) is 11.3. The van der Waals surface area contributed by atoms with Crippen LogP contribution in [-0.4, -0.2) is 24.6 Å². The van der Waals surface area contributed by atoms with Crippen molar-refractivity contribution in [1.29, 1.82) is 0 Å². The Bertz CT molecular complexity index is 712. The maximum atomic E-state index is 11.4. The highest BCUT2D eigenvalue weighted by atomic mass is 32.2. The Morgan fingerprint density at radius 1 is 1.20 bits per heavy atom. The minimum absolute atomic E-state index is 0.309. The first-order valence-corrected chi connectivity index (χ1v) is 7.87. The number of nitrogens with one attached hydrogen (secondary N) is 1. The van der Waals surface area contributed by atoms with Crippen molar-refractivity contribution in [3.63, 3.8) is 0 Å². The zero-order valence-corrected chi connectivity index (χ0v) is 12.1. The van der Waals surface area contributed by atoms with Gasteiger partial charge in [-0.1, -0.05) is 12.1 Å². The number of aromatic nitrogens is 2. The third-order valence-corrected chi connectivity index (χ3v) is 4.06. The number of rotatable bonds is 4. The Balaban J connectivity index is 2.10. The molecule has 0 spiro atoms. The molecule has 2 aromatic rings. The Morgan fingerprint density at radius 3 is 2.45 bits per heavy atom. The predicted molar refractivity (Wildman–Crippen MR) is 78.1 cm³/mol. The smallest absolute Gasteiger partial charge is 0.175 e. The maximum absolute atomic E-state index is 11.4. The monoisotopic (exact) mass is 292 g/mol. The standard InChI is InChI=1S/C13H16N4O2S/c1-9-12(14)16-8-17-13(9)15-7-10-3-5-11(6-4-10)20(2,18)19/h3-6,8H,7H2,1-2H3,(H3,14,15,16,17). The van der Waals surface area contributed by atoms with Gasteiger partial charge in [0.1, 0.15) is 18.0 Å². The van der Waals surface area contributed by atoms with Gasteiger partial charge in [-0.3, -0.25) is 0 Å². The number of hydrogen-bond donors (Lipinski definition) is 2. The first-order chi connectivity index (χ1) is 9.38. The predicted octanol–water partition coefficient (Wildman–Crippen LogP) is 1.38. The molecule has 0 amide bonds. The molecule has 2 rings (SSSR count). The quantitative estimate of drug-likeness (QED) is 0.883. The second-order valence-electron chi connectivity index (χ2n) is 4.50. The molecule has 3 N–H and O–H groups in total. The first kappa shape index (κ1) is 14.3. The maximum Gasteiger partial charge on any atom is 0.175 e. The average molecular weight is 292 g/mol. The molecule has 0 aliphatic heterocycles. The van der Waals surface area contributed by atoms with Crippen LogP contribution >= 0.6 is 0 Å². The highest BCUT2D eigenvalue weighted by molar-refractivity contribution is 7.90. The van der Waals surface area contributed by atoms with E-state index in [0.29, 0.717) is 23.1 Å². The summed E-state index contributed by atoms with van der Waals surface area (Å²) in [6.07, 6.45) is 2.59. The van der Waals surface area contributed by atoms with Crippen molar-refractivity contribution in [2.24, 2.45) is 0 Å². The molecular weight excluding hydrogens is 276 g/mol. The van der Waals surface area contributed by atoms with E-state index in [1.165, 1.54) is 12.6 Å². The Morgan fingerprint density at radius 2 is 1.85 bits per heavy atom. The van der Waals surface area contributed by atoms with Gasteiger partial charge in [0.05, 0.1) is 4.90 Å². The van der Waals surface area contributed by atoms with Gasteiger partial charge in [0.25, 0.3) is 0 Å². The molecule has 0 fully saturated rings. The minimum Gasteiger partial charge on any atom is -0.383 e. The number of anilines is 2. The topological polar surface area (TPSA) is 98.0 Å². The van der Waals surface area contributed by atoms with Crippen LogP contribution in [0, 0.1) is 6.92 Å². The van der Waals surface area contributed by atoms with E-state index in [1.54, 1.807) is 24.3 Å². The van der Waals surface area contributed by atoms with Gasteiger partial charge < -0.3 is 11.1 Å².